The zero-order valence-electron chi connectivity index (χ0n) is 15.9. The Morgan fingerprint density at radius 3 is 2.58 bits per heavy atom. The highest BCUT2D eigenvalue weighted by Gasteiger charge is 2.35. The van der Waals surface area contributed by atoms with E-state index in [9.17, 15) is 8.42 Å². The number of hydrogen-bond donors (Lipinski definition) is 2. The van der Waals surface area contributed by atoms with Crippen LogP contribution in [0.2, 0.25) is 0 Å². The summed E-state index contributed by atoms with van der Waals surface area (Å²) < 4.78 is 31.3. The van der Waals surface area contributed by atoms with Crippen molar-refractivity contribution in [3.05, 3.63) is 29.8 Å². The lowest BCUT2D eigenvalue weighted by Gasteiger charge is -2.34. The van der Waals surface area contributed by atoms with E-state index in [4.69, 9.17) is 4.74 Å². The first-order chi connectivity index (χ1) is 12.4. The standard InChI is InChI=1S/C19H31N3O3S/c1-14(15-7-9-16(10-8-15)26(23,24)22(2)3)21-18-6-4-5-17(18)19-13-25-12-11-20-19/h7-10,14,17-21H,4-6,11-13H2,1-3H3. The van der Waals surface area contributed by atoms with Gasteiger partial charge in [-0.25, -0.2) is 12.7 Å². The molecule has 1 heterocycles. The third-order valence-electron chi connectivity index (χ3n) is 5.66. The van der Waals surface area contributed by atoms with Crippen LogP contribution >= 0.6 is 0 Å². The highest BCUT2D eigenvalue weighted by atomic mass is 32.2. The van der Waals surface area contributed by atoms with E-state index in [-0.39, 0.29) is 6.04 Å². The third-order valence-corrected chi connectivity index (χ3v) is 7.49. The summed E-state index contributed by atoms with van der Waals surface area (Å²) in [5.74, 6) is 0.589. The molecule has 2 N–H and O–H groups in total. The van der Waals surface area contributed by atoms with Gasteiger partial charge >= 0.3 is 0 Å². The molecular formula is C19H31N3O3S. The molecular weight excluding hydrogens is 350 g/mol. The van der Waals surface area contributed by atoms with Crippen LogP contribution in [0.5, 0.6) is 0 Å². The molecule has 4 unspecified atom stereocenters. The number of ether oxygens (including phenoxy) is 1. The molecule has 0 aromatic heterocycles. The second-order valence-electron chi connectivity index (χ2n) is 7.58. The number of rotatable bonds is 6. The number of morpholine rings is 1. The van der Waals surface area contributed by atoms with Crippen LogP contribution in [-0.4, -0.2) is 58.7 Å². The SMILES string of the molecule is CC(NC1CCCC1C1COCCN1)c1ccc(S(=O)(=O)N(C)C)cc1. The Morgan fingerprint density at radius 2 is 1.96 bits per heavy atom. The second-order valence-corrected chi connectivity index (χ2v) is 9.73. The first kappa shape index (κ1) is 19.8. The first-order valence-corrected chi connectivity index (χ1v) is 10.9. The Bertz CT molecular complexity index is 684. The molecule has 26 heavy (non-hydrogen) atoms. The van der Waals surface area contributed by atoms with Gasteiger partial charge in [0.1, 0.15) is 0 Å². The lowest BCUT2D eigenvalue weighted by molar-refractivity contribution is 0.0518. The van der Waals surface area contributed by atoms with Crippen LogP contribution in [0.1, 0.15) is 37.8 Å². The Labute approximate surface area is 157 Å². The largest absolute Gasteiger partial charge is 0.379 e. The van der Waals surface area contributed by atoms with Gasteiger partial charge < -0.3 is 15.4 Å². The molecule has 0 bridgehead atoms. The zero-order valence-corrected chi connectivity index (χ0v) is 16.8. The molecule has 0 amide bonds. The number of sulfonamides is 1. The summed E-state index contributed by atoms with van der Waals surface area (Å²) in [6.45, 7) is 4.69. The Kier molecular flexibility index (Phi) is 6.35. The molecule has 146 valence electrons. The molecule has 1 aromatic carbocycles. The van der Waals surface area contributed by atoms with Gasteiger partial charge in [-0.15, -0.1) is 0 Å². The smallest absolute Gasteiger partial charge is 0.242 e. The molecule has 2 aliphatic rings. The third kappa shape index (κ3) is 4.28. The molecule has 1 saturated heterocycles. The topological polar surface area (TPSA) is 70.7 Å². The molecule has 3 rings (SSSR count). The predicted octanol–water partition coefficient (Wildman–Crippen LogP) is 1.74. The fourth-order valence-electron chi connectivity index (χ4n) is 4.09. The van der Waals surface area contributed by atoms with Gasteiger partial charge in [0.05, 0.1) is 18.1 Å². The van der Waals surface area contributed by atoms with E-state index >= 15 is 0 Å². The highest BCUT2D eigenvalue weighted by Crippen LogP contribution is 2.31. The van der Waals surface area contributed by atoms with Crippen molar-refractivity contribution >= 4 is 10.0 Å². The maximum atomic E-state index is 12.2. The number of hydrogen-bond acceptors (Lipinski definition) is 5. The van der Waals surface area contributed by atoms with Crippen LogP contribution < -0.4 is 10.6 Å². The van der Waals surface area contributed by atoms with Gasteiger partial charge in [-0.1, -0.05) is 18.6 Å². The van der Waals surface area contributed by atoms with Crippen LogP contribution in [0.15, 0.2) is 29.2 Å². The van der Waals surface area contributed by atoms with Crippen molar-refractivity contribution in [2.75, 3.05) is 33.9 Å². The van der Waals surface area contributed by atoms with E-state index in [1.54, 1.807) is 26.2 Å². The summed E-state index contributed by atoms with van der Waals surface area (Å²) in [4.78, 5) is 0.334. The molecule has 0 radical (unpaired) electrons. The van der Waals surface area contributed by atoms with E-state index in [1.165, 1.54) is 23.6 Å². The van der Waals surface area contributed by atoms with Crippen molar-refractivity contribution in [1.82, 2.24) is 14.9 Å². The summed E-state index contributed by atoms with van der Waals surface area (Å²) in [6.07, 6.45) is 3.65. The summed E-state index contributed by atoms with van der Waals surface area (Å²) in [7, 11) is -0.270. The molecule has 0 spiro atoms. The summed E-state index contributed by atoms with van der Waals surface area (Å²) >= 11 is 0. The van der Waals surface area contributed by atoms with Gasteiger partial charge in [0, 0.05) is 38.8 Å². The van der Waals surface area contributed by atoms with Crippen molar-refractivity contribution in [3.63, 3.8) is 0 Å². The van der Waals surface area contributed by atoms with E-state index in [0.29, 0.717) is 22.9 Å². The van der Waals surface area contributed by atoms with E-state index in [1.807, 2.05) is 12.1 Å². The van der Waals surface area contributed by atoms with E-state index in [2.05, 4.69) is 17.6 Å². The quantitative estimate of drug-likeness (QED) is 0.786. The summed E-state index contributed by atoms with van der Waals surface area (Å²) in [6, 6.07) is 8.32. The summed E-state index contributed by atoms with van der Waals surface area (Å²) in [5, 5.41) is 7.37. The maximum absolute atomic E-state index is 12.2. The van der Waals surface area contributed by atoms with Gasteiger partial charge in [0.2, 0.25) is 10.0 Å². The van der Waals surface area contributed by atoms with Gasteiger partial charge in [-0.05, 0) is 43.4 Å². The fraction of sp³-hybridized carbons (Fsp3) is 0.684. The van der Waals surface area contributed by atoms with E-state index < -0.39 is 10.0 Å². The van der Waals surface area contributed by atoms with Crippen LogP contribution in [0.4, 0.5) is 0 Å². The van der Waals surface area contributed by atoms with Crippen LogP contribution in [0.25, 0.3) is 0 Å². The molecule has 1 aliphatic heterocycles. The Morgan fingerprint density at radius 1 is 1.23 bits per heavy atom. The van der Waals surface area contributed by atoms with Gasteiger partial charge in [-0.2, -0.15) is 0 Å². The molecule has 4 atom stereocenters. The zero-order chi connectivity index (χ0) is 18.7. The maximum Gasteiger partial charge on any atom is 0.242 e. The minimum atomic E-state index is -3.37. The number of benzene rings is 1. The van der Waals surface area contributed by atoms with Crippen molar-refractivity contribution < 1.29 is 13.2 Å². The highest BCUT2D eigenvalue weighted by molar-refractivity contribution is 7.89. The summed E-state index contributed by atoms with van der Waals surface area (Å²) in [5.41, 5.74) is 1.11. The Hall–Kier alpha value is -0.990. The normalized spacial score (nSPS) is 28.4. The molecule has 6 nitrogen and oxygen atoms in total. The van der Waals surface area contributed by atoms with Crippen molar-refractivity contribution in [3.8, 4) is 0 Å². The van der Waals surface area contributed by atoms with Gasteiger partial charge in [-0.3, -0.25) is 0 Å². The van der Waals surface area contributed by atoms with Gasteiger partial charge in [0.25, 0.3) is 0 Å². The lowest BCUT2D eigenvalue weighted by atomic mass is 9.93. The molecule has 1 saturated carbocycles. The van der Waals surface area contributed by atoms with Crippen molar-refractivity contribution in [2.24, 2.45) is 5.92 Å². The van der Waals surface area contributed by atoms with Crippen molar-refractivity contribution in [1.29, 1.82) is 0 Å². The van der Waals surface area contributed by atoms with Crippen LogP contribution in [0, 0.1) is 5.92 Å². The minimum Gasteiger partial charge on any atom is -0.379 e. The van der Waals surface area contributed by atoms with Crippen LogP contribution in [-0.2, 0) is 14.8 Å². The van der Waals surface area contributed by atoms with Crippen LogP contribution in [0.3, 0.4) is 0 Å². The van der Waals surface area contributed by atoms with Gasteiger partial charge in [0.15, 0.2) is 0 Å². The molecule has 1 aliphatic carbocycles. The molecule has 7 heteroatoms. The average molecular weight is 382 g/mol. The Balaban J connectivity index is 1.65. The molecule has 2 fully saturated rings. The monoisotopic (exact) mass is 381 g/mol. The molecule has 1 aromatic rings. The number of nitrogens with zero attached hydrogens (tertiary/aromatic N) is 1. The second kappa shape index (κ2) is 8.35. The van der Waals surface area contributed by atoms with E-state index in [0.717, 1.165) is 25.3 Å². The predicted molar refractivity (Wildman–Crippen MR) is 103 cm³/mol. The van der Waals surface area contributed by atoms with Crippen molar-refractivity contribution in [2.45, 2.75) is 49.2 Å². The fourth-order valence-corrected chi connectivity index (χ4v) is 5.00. The lowest BCUT2D eigenvalue weighted by Crippen LogP contribution is -2.51. The minimum absolute atomic E-state index is 0.182. The first-order valence-electron chi connectivity index (χ1n) is 9.49. The average Bonchev–Trinajstić information content (AvgIpc) is 3.10. The number of nitrogens with one attached hydrogen (secondary N) is 2.